The Bertz CT molecular complexity index is 720. The van der Waals surface area contributed by atoms with E-state index in [1.54, 1.807) is 36.4 Å². The lowest BCUT2D eigenvalue weighted by Crippen LogP contribution is -2.16. The fourth-order valence-corrected chi connectivity index (χ4v) is 1.55. The van der Waals surface area contributed by atoms with Crippen LogP contribution >= 0.6 is 0 Å². The molecule has 1 heterocycles. The number of nitrogens with one attached hydrogen (secondary N) is 1. The molecule has 7 nitrogen and oxygen atoms in total. The summed E-state index contributed by atoms with van der Waals surface area (Å²) in [7, 11) is 1.24. The number of carbonyl (C=O) groups excluding carboxylic acids is 2. The molecule has 0 saturated carbocycles. The van der Waals surface area contributed by atoms with Crippen molar-refractivity contribution >= 4 is 24.4 Å². The van der Waals surface area contributed by atoms with Crippen molar-refractivity contribution < 1.29 is 23.5 Å². The van der Waals surface area contributed by atoms with Gasteiger partial charge in [-0.15, -0.1) is 0 Å². The lowest BCUT2D eigenvalue weighted by molar-refractivity contribution is -0.128. The number of benzene rings is 1. The third kappa shape index (κ3) is 5.50. The monoisotopic (exact) mass is 314 g/mol. The fourth-order valence-electron chi connectivity index (χ4n) is 1.55. The number of methoxy groups -OCH3 is 1. The van der Waals surface area contributed by atoms with Crippen LogP contribution in [0.3, 0.4) is 0 Å². The van der Waals surface area contributed by atoms with Gasteiger partial charge in [-0.05, 0) is 35.9 Å². The molecule has 0 aliphatic heterocycles. The van der Waals surface area contributed by atoms with E-state index < -0.39 is 12.1 Å². The molecule has 0 fully saturated rings. The highest BCUT2D eigenvalue weighted by molar-refractivity contribution is 5.88. The molecule has 1 N–H and O–H groups in total. The molecule has 1 amide bonds. The summed E-state index contributed by atoms with van der Waals surface area (Å²) in [5.41, 5.74) is 2.80. The first-order valence-corrected chi connectivity index (χ1v) is 6.58. The maximum Gasteiger partial charge on any atom is 0.427 e. The first-order valence-electron chi connectivity index (χ1n) is 6.58. The molecule has 2 aromatic rings. The number of hydrazone groups is 1. The van der Waals surface area contributed by atoms with Crippen LogP contribution in [0.2, 0.25) is 0 Å². The molecular formula is C16H14N2O5. The number of furan rings is 1. The second-order valence-corrected chi connectivity index (χ2v) is 4.20. The molecule has 23 heavy (non-hydrogen) atoms. The molecule has 118 valence electrons. The van der Waals surface area contributed by atoms with Crippen LogP contribution in [0.25, 0.3) is 6.08 Å². The van der Waals surface area contributed by atoms with E-state index in [9.17, 15) is 9.59 Å². The molecule has 7 heteroatoms. The van der Waals surface area contributed by atoms with Gasteiger partial charge in [0.05, 0.1) is 19.6 Å². The second kappa shape index (κ2) is 8.18. The SMILES string of the molecule is COC(=O)N/N=C\c1cccc(OC(=O)/C=C/c2ccco2)c1. The highest BCUT2D eigenvalue weighted by Crippen LogP contribution is 2.13. The third-order valence-electron chi connectivity index (χ3n) is 2.56. The molecular weight excluding hydrogens is 300 g/mol. The van der Waals surface area contributed by atoms with Gasteiger partial charge in [-0.25, -0.2) is 15.0 Å². The Labute approximate surface area is 132 Å². The lowest BCUT2D eigenvalue weighted by Gasteiger charge is -2.02. The number of esters is 1. The zero-order valence-corrected chi connectivity index (χ0v) is 12.3. The molecule has 0 radical (unpaired) electrons. The van der Waals surface area contributed by atoms with Crippen LogP contribution in [-0.4, -0.2) is 25.4 Å². The van der Waals surface area contributed by atoms with E-state index in [0.29, 0.717) is 17.1 Å². The van der Waals surface area contributed by atoms with Crippen molar-refractivity contribution in [2.24, 2.45) is 5.10 Å². The van der Waals surface area contributed by atoms with Gasteiger partial charge in [0, 0.05) is 6.08 Å². The van der Waals surface area contributed by atoms with Crippen LogP contribution in [0.15, 0.2) is 58.3 Å². The van der Waals surface area contributed by atoms with Gasteiger partial charge in [0.1, 0.15) is 11.5 Å². The molecule has 0 atom stereocenters. The summed E-state index contributed by atoms with van der Waals surface area (Å²) in [4.78, 5) is 22.6. The van der Waals surface area contributed by atoms with Gasteiger partial charge < -0.3 is 13.9 Å². The minimum Gasteiger partial charge on any atom is -0.465 e. The van der Waals surface area contributed by atoms with E-state index >= 15 is 0 Å². The van der Waals surface area contributed by atoms with Crippen molar-refractivity contribution in [1.29, 1.82) is 0 Å². The Hall–Kier alpha value is -3.35. The van der Waals surface area contributed by atoms with Crippen LogP contribution in [0.5, 0.6) is 5.75 Å². The van der Waals surface area contributed by atoms with Gasteiger partial charge in [0.2, 0.25) is 0 Å². The minimum absolute atomic E-state index is 0.348. The summed E-state index contributed by atoms with van der Waals surface area (Å²) in [6.45, 7) is 0. The fraction of sp³-hybridized carbons (Fsp3) is 0.0625. The van der Waals surface area contributed by atoms with Gasteiger partial charge in [0.15, 0.2) is 0 Å². The summed E-state index contributed by atoms with van der Waals surface area (Å²) in [5, 5.41) is 3.69. The van der Waals surface area contributed by atoms with Crippen LogP contribution in [0, 0.1) is 0 Å². The van der Waals surface area contributed by atoms with Crippen LogP contribution in [0.1, 0.15) is 11.3 Å². The van der Waals surface area contributed by atoms with E-state index in [2.05, 4.69) is 15.3 Å². The molecule has 0 spiro atoms. The Morgan fingerprint density at radius 3 is 2.87 bits per heavy atom. The predicted octanol–water partition coefficient (Wildman–Crippen LogP) is 2.59. The standard InChI is InChI=1S/C16H14N2O5/c1-21-16(20)18-17-11-12-4-2-5-14(10-12)23-15(19)8-7-13-6-3-9-22-13/h2-11H,1H3,(H,18,20)/b8-7+,17-11-. The van der Waals surface area contributed by atoms with Gasteiger partial charge >= 0.3 is 12.1 Å². The highest BCUT2D eigenvalue weighted by atomic mass is 16.5. The quantitative estimate of drug-likeness (QED) is 0.301. The topological polar surface area (TPSA) is 90.1 Å². The van der Waals surface area contributed by atoms with E-state index in [0.717, 1.165) is 0 Å². The normalized spacial score (nSPS) is 10.8. The van der Waals surface area contributed by atoms with Crippen molar-refractivity contribution in [2.75, 3.05) is 7.11 Å². The maximum absolute atomic E-state index is 11.7. The largest absolute Gasteiger partial charge is 0.465 e. The molecule has 1 aromatic carbocycles. The molecule has 0 bridgehead atoms. The zero-order valence-electron chi connectivity index (χ0n) is 12.3. The maximum atomic E-state index is 11.7. The van der Waals surface area contributed by atoms with Gasteiger partial charge in [-0.3, -0.25) is 0 Å². The van der Waals surface area contributed by atoms with Gasteiger partial charge in [-0.2, -0.15) is 5.10 Å². The zero-order chi connectivity index (χ0) is 16.5. The van der Waals surface area contributed by atoms with Crippen LogP contribution in [-0.2, 0) is 9.53 Å². The Morgan fingerprint density at radius 1 is 1.26 bits per heavy atom. The predicted molar refractivity (Wildman–Crippen MR) is 83.0 cm³/mol. The molecule has 0 aliphatic carbocycles. The number of rotatable bonds is 5. The summed E-state index contributed by atoms with van der Waals surface area (Å²) in [6, 6.07) is 10.1. The molecule has 2 rings (SSSR count). The average molecular weight is 314 g/mol. The number of amides is 1. The number of ether oxygens (including phenoxy) is 2. The van der Waals surface area contributed by atoms with Crippen molar-refractivity contribution in [3.05, 3.63) is 60.1 Å². The first kappa shape index (κ1) is 16.0. The van der Waals surface area contributed by atoms with Crippen molar-refractivity contribution in [3.63, 3.8) is 0 Å². The van der Waals surface area contributed by atoms with Crippen molar-refractivity contribution in [1.82, 2.24) is 5.43 Å². The Kier molecular flexibility index (Phi) is 5.70. The summed E-state index contributed by atoms with van der Waals surface area (Å²) in [6.07, 6.45) is 5.00. The summed E-state index contributed by atoms with van der Waals surface area (Å²) in [5.74, 6) is 0.362. The van der Waals surface area contributed by atoms with Gasteiger partial charge in [-0.1, -0.05) is 12.1 Å². The second-order valence-electron chi connectivity index (χ2n) is 4.20. The van der Waals surface area contributed by atoms with E-state index in [-0.39, 0.29) is 0 Å². The van der Waals surface area contributed by atoms with Crippen molar-refractivity contribution in [2.45, 2.75) is 0 Å². The molecule has 0 saturated heterocycles. The molecule has 1 aromatic heterocycles. The van der Waals surface area contributed by atoms with Crippen LogP contribution < -0.4 is 10.2 Å². The molecule has 0 unspecified atom stereocenters. The highest BCUT2D eigenvalue weighted by Gasteiger charge is 2.02. The number of carbonyl (C=O) groups is 2. The van der Waals surface area contributed by atoms with Gasteiger partial charge in [0.25, 0.3) is 0 Å². The van der Waals surface area contributed by atoms with E-state index in [1.165, 1.54) is 31.7 Å². The first-order chi connectivity index (χ1) is 11.2. The lowest BCUT2D eigenvalue weighted by atomic mass is 10.2. The van der Waals surface area contributed by atoms with E-state index in [4.69, 9.17) is 9.15 Å². The van der Waals surface area contributed by atoms with E-state index in [1.807, 2.05) is 0 Å². The summed E-state index contributed by atoms with van der Waals surface area (Å²) >= 11 is 0. The molecule has 0 aliphatic rings. The number of nitrogens with zero attached hydrogens (tertiary/aromatic N) is 1. The van der Waals surface area contributed by atoms with Crippen LogP contribution in [0.4, 0.5) is 4.79 Å². The minimum atomic E-state index is -0.674. The number of hydrogen-bond donors (Lipinski definition) is 1. The smallest absolute Gasteiger partial charge is 0.427 e. The number of hydrogen-bond acceptors (Lipinski definition) is 6. The Morgan fingerprint density at radius 2 is 2.13 bits per heavy atom. The van der Waals surface area contributed by atoms with Crippen molar-refractivity contribution in [3.8, 4) is 5.75 Å². The third-order valence-corrected chi connectivity index (χ3v) is 2.56. The average Bonchev–Trinajstić information content (AvgIpc) is 3.06. The summed E-state index contributed by atoms with van der Waals surface area (Å²) < 4.78 is 14.6. The Balaban J connectivity index is 1.94.